The second-order valence-electron chi connectivity index (χ2n) is 6.00. The van der Waals surface area contributed by atoms with Crippen LogP contribution >= 0.6 is 0 Å². The van der Waals surface area contributed by atoms with Gasteiger partial charge in [0.25, 0.3) is 0 Å². The van der Waals surface area contributed by atoms with Crippen molar-refractivity contribution in [3.8, 4) is 0 Å². The number of carbonyl (C=O) groups excluding carboxylic acids is 3. The summed E-state index contributed by atoms with van der Waals surface area (Å²) in [5, 5.41) is 0. The Balaban J connectivity index is 2.34. The van der Waals surface area contributed by atoms with E-state index < -0.39 is 35.0 Å². The van der Waals surface area contributed by atoms with E-state index >= 15 is 0 Å². The summed E-state index contributed by atoms with van der Waals surface area (Å²) in [6.07, 6.45) is -3.97. The lowest BCUT2D eigenvalue weighted by Gasteiger charge is -2.20. The van der Waals surface area contributed by atoms with E-state index in [0.29, 0.717) is 6.42 Å². The van der Waals surface area contributed by atoms with Crippen molar-refractivity contribution in [2.24, 2.45) is 5.92 Å². The van der Waals surface area contributed by atoms with Crippen molar-refractivity contribution in [2.45, 2.75) is 32.0 Å². The van der Waals surface area contributed by atoms with E-state index in [9.17, 15) is 27.6 Å². The van der Waals surface area contributed by atoms with Gasteiger partial charge in [-0.1, -0.05) is 6.07 Å². The second-order valence-corrected chi connectivity index (χ2v) is 6.00. The molecule has 0 N–H and O–H groups in total. The smallest absolute Gasteiger partial charge is 0.382 e. The Kier molecular flexibility index (Phi) is 6.66. The number of halogens is 3. The van der Waals surface area contributed by atoms with E-state index in [1.165, 1.54) is 7.11 Å². The molecule has 5 nitrogen and oxygen atoms in total. The molecular formula is C18H19F3O5. The fourth-order valence-electron chi connectivity index (χ4n) is 2.81. The van der Waals surface area contributed by atoms with Crippen LogP contribution in [0.1, 0.15) is 40.7 Å². The molecule has 0 amide bonds. The molecule has 0 atom stereocenters. The highest BCUT2D eigenvalue weighted by molar-refractivity contribution is 6.25. The van der Waals surface area contributed by atoms with Gasteiger partial charge < -0.3 is 9.47 Å². The molecule has 0 heterocycles. The van der Waals surface area contributed by atoms with Gasteiger partial charge in [0.2, 0.25) is 0 Å². The number of alkyl halides is 3. The van der Waals surface area contributed by atoms with Crippen LogP contribution in [0, 0.1) is 5.92 Å². The lowest BCUT2D eigenvalue weighted by Crippen LogP contribution is -2.35. The first-order valence-corrected chi connectivity index (χ1v) is 8.12. The summed E-state index contributed by atoms with van der Waals surface area (Å²) >= 11 is 0. The maximum atomic E-state index is 13.0. The summed E-state index contributed by atoms with van der Waals surface area (Å²) in [6, 6.07) is 2.59. The monoisotopic (exact) mass is 372 g/mol. The topological polar surface area (TPSA) is 69.7 Å². The highest BCUT2D eigenvalue weighted by Crippen LogP contribution is 2.32. The van der Waals surface area contributed by atoms with Crippen molar-refractivity contribution in [1.82, 2.24) is 0 Å². The number of Topliss-reactive ketones (excluding diaryl/α,β-unsaturated/α-hetero) is 3. The highest BCUT2D eigenvalue weighted by Gasteiger charge is 2.38. The molecule has 0 spiro atoms. The average Bonchev–Trinajstić information content (AvgIpc) is 2.57. The minimum Gasteiger partial charge on any atom is -0.382 e. The number of hydrogen-bond donors (Lipinski definition) is 0. The first-order chi connectivity index (χ1) is 12.3. The van der Waals surface area contributed by atoms with Crippen molar-refractivity contribution in [2.75, 3.05) is 20.3 Å². The van der Waals surface area contributed by atoms with E-state index in [2.05, 4.69) is 0 Å². The molecule has 26 heavy (non-hydrogen) atoms. The van der Waals surface area contributed by atoms with Gasteiger partial charge in [-0.15, -0.1) is 0 Å². The lowest BCUT2D eigenvalue weighted by atomic mass is 9.80. The molecule has 0 unspecified atom stereocenters. The summed E-state index contributed by atoms with van der Waals surface area (Å²) in [6.45, 7) is 0.104. The number of rotatable bonds is 7. The Labute approximate surface area is 148 Å². The highest BCUT2D eigenvalue weighted by atomic mass is 19.4. The van der Waals surface area contributed by atoms with E-state index in [1.807, 2.05) is 0 Å². The SMILES string of the molecule is COCCOCc1cc(C(F)(F)F)ccc1C(=O)C1C(=O)CCCC1=O. The number of methoxy groups -OCH3 is 1. The van der Waals surface area contributed by atoms with Crippen LogP contribution in [0.15, 0.2) is 18.2 Å². The first kappa shape index (κ1) is 20.3. The number of benzene rings is 1. The maximum Gasteiger partial charge on any atom is 0.416 e. The van der Waals surface area contributed by atoms with Gasteiger partial charge in [0.1, 0.15) is 5.92 Å². The van der Waals surface area contributed by atoms with E-state index in [0.717, 1.165) is 18.2 Å². The Bertz CT molecular complexity index is 681. The van der Waals surface area contributed by atoms with E-state index in [1.54, 1.807) is 0 Å². The van der Waals surface area contributed by atoms with Gasteiger partial charge in [-0.2, -0.15) is 13.2 Å². The van der Waals surface area contributed by atoms with Crippen LogP contribution in [-0.2, 0) is 31.8 Å². The third kappa shape index (κ3) is 4.76. The Morgan fingerprint density at radius 1 is 1.15 bits per heavy atom. The van der Waals surface area contributed by atoms with Gasteiger partial charge in [0, 0.05) is 25.5 Å². The van der Waals surface area contributed by atoms with Gasteiger partial charge >= 0.3 is 6.18 Å². The molecule has 142 valence electrons. The molecule has 0 saturated heterocycles. The zero-order valence-electron chi connectivity index (χ0n) is 14.2. The van der Waals surface area contributed by atoms with Crippen molar-refractivity contribution in [1.29, 1.82) is 0 Å². The zero-order chi connectivity index (χ0) is 19.3. The Morgan fingerprint density at radius 3 is 2.38 bits per heavy atom. The third-order valence-corrected chi connectivity index (χ3v) is 4.14. The quantitative estimate of drug-likeness (QED) is 0.418. The molecule has 8 heteroatoms. The van der Waals surface area contributed by atoms with Crippen molar-refractivity contribution in [3.05, 3.63) is 34.9 Å². The molecule has 1 aliphatic carbocycles. The van der Waals surface area contributed by atoms with Crippen molar-refractivity contribution >= 4 is 17.3 Å². The van der Waals surface area contributed by atoms with Crippen LogP contribution in [0.3, 0.4) is 0 Å². The van der Waals surface area contributed by atoms with Crippen molar-refractivity contribution in [3.63, 3.8) is 0 Å². The third-order valence-electron chi connectivity index (χ3n) is 4.14. The summed E-state index contributed by atoms with van der Waals surface area (Å²) in [7, 11) is 1.45. The molecule has 2 rings (SSSR count). The molecule has 0 radical (unpaired) electrons. The van der Waals surface area contributed by atoms with Crippen LogP contribution in [0.25, 0.3) is 0 Å². The molecule has 0 aromatic heterocycles. The lowest BCUT2D eigenvalue weighted by molar-refractivity contribution is -0.138. The molecule has 0 aliphatic heterocycles. The fourth-order valence-corrected chi connectivity index (χ4v) is 2.81. The normalized spacial score (nSPS) is 16.2. The molecule has 0 bridgehead atoms. The molecule has 1 aromatic carbocycles. The fraction of sp³-hybridized carbons (Fsp3) is 0.500. The Morgan fingerprint density at radius 2 is 1.81 bits per heavy atom. The minimum atomic E-state index is -4.58. The standard InChI is InChI=1S/C18H19F3O5/c1-25-7-8-26-10-11-9-12(18(19,20)21)5-6-13(11)17(24)16-14(22)3-2-4-15(16)23/h5-6,9,16H,2-4,7-8,10H2,1H3. The van der Waals surface area contributed by atoms with Crippen LogP contribution < -0.4 is 0 Å². The zero-order valence-corrected chi connectivity index (χ0v) is 14.2. The van der Waals surface area contributed by atoms with Crippen LogP contribution in [0.2, 0.25) is 0 Å². The maximum absolute atomic E-state index is 13.0. The van der Waals surface area contributed by atoms with Crippen LogP contribution in [0.5, 0.6) is 0 Å². The molecule has 1 aromatic rings. The van der Waals surface area contributed by atoms with Gasteiger partial charge in [-0.05, 0) is 24.1 Å². The molecular weight excluding hydrogens is 353 g/mol. The van der Waals surface area contributed by atoms with Gasteiger partial charge in [0.15, 0.2) is 17.3 Å². The van der Waals surface area contributed by atoms with E-state index in [-0.39, 0.29) is 43.8 Å². The molecule has 1 saturated carbocycles. The minimum absolute atomic E-state index is 0.00731. The van der Waals surface area contributed by atoms with Gasteiger partial charge in [-0.3, -0.25) is 14.4 Å². The second kappa shape index (κ2) is 8.55. The summed E-state index contributed by atoms with van der Waals surface area (Å²) in [5.74, 6) is -3.17. The summed E-state index contributed by atoms with van der Waals surface area (Å²) in [4.78, 5) is 36.7. The average molecular weight is 372 g/mol. The van der Waals surface area contributed by atoms with Crippen LogP contribution in [-0.4, -0.2) is 37.7 Å². The van der Waals surface area contributed by atoms with E-state index in [4.69, 9.17) is 9.47 Å². The predicted octanol–water partition coefficient (Wildman–Crippen LogP) is 2.99. The predicted molar refractivity (Wildman–Crippen MR) is 84.7 cm³/mol. The Hall–Kier alpha value is -2.06. The molecule has 1 aliphatic rings. The largest absolute Gasteiger partial charge is 0.416 e. The number of ketones is 3. The molecule has 1 fully saturated rings. The number of hydrogen-bond acceptors (Lipinski definition) is 5. The van der Waals surface area contributed by atoms with Crippen LogP contribution in [0.4, 0.5) is 13.2 Å². The summed E-state index contributed by atoms with van der Waals surface area (Å²) < 4.78 is 48.9. The first-order valence-electron chi connectivity index (χ1n) is 8.12. The number of carbonyl (C=O) groups is 3. The van der Waals surface area contributed by atoms with Gasteiger partial charge in [0.05, 0.1) is 25.4 Å². The number of ether oxygens (including phenoxy) is 2. The summed E-state index contributed by atoms with van der Waals surface area (Å²) in [5.41, 5.74) is -1.03. The van der Waals surface area contributed by atoms with Crippen molar-refractivity contribution < 1.29 is 37.0 Å². The van der Waals surface area contributed by atoms with Gasteiger partial charge in [-0.25, -0.2) is 0 Å².